The number of benzene rings is 1. The standard InChI is InChI=1S/C18H22N4OS/c1-10(2)15(21-18(23)16-11(3)24-12(4)19-16)17-20-13-8-6-7-9-14(13)22(17)5/h6-10,15H,1-5H3,(H,21,23). The van der Waals surface area contributed by atoms with E-state index in [9.17, 15) is 4.79 Å². The summed E-state index contributed by atoms with van der Waals surface area (Å²) < 4.78 is 2.05. The van der Waals surface area contributed by atoms with Gasteiger partial charge in [0.15, 0.2) is 0 Å². The lowest BCUT2D eigenvalue weighted by Crippen LogP contribution is -2.34. The number of hydrogen-bond acceptors (Lipinski definition) is 4. The number of imidazole rings is 1. The van der Waals surface area contributed by atoms with E-state index < -0.39 is 0 Å². The SMILES string of the molecule is Cc1nc(C(=O)NC(c2nc3ccccc3n2C)C(C)C)c(C)s1. The maximum Gasteiger partial charge on any atom is 0.271 e. The summed E-state index contributed by atoms with van der Waals surface area (Å²) in [5.41, 5.74) is 2.52. The maximum atomic E-state index is 12.7. The molecule has 1 amide bonds. The molecule has 3 aromatic rings. The second kappa shape index (κ2) is 6.36. The third-order valence-corrected chi connectivity index (χ3v) is 5.06. The number of amides is 1. The number of para-hydroxylation sites is 2. The Morgan fingerprint density at radius 3 is 2.50 bits per heavy atom. The summed E-state index contributed by atoms with van der Waals surface area (Å²) in [6.45, 7) is 8.02. The number of aryl methyl sites for hydroxylation is 3. The van der Waals surface area contributed by atoms with Gasteiger partial charge in [-0.2, -0.15) is 0 Å². The fourth-order valence-corrected chi connectivity index (χ4v) is 3.74. The lowest BCUT2D eigenvalue weighted by molar-refractivity contribution is 0.0917. The number of nitrogens with one attached hydrogen (secondary N) is 1. The van der Waals surface area contributed by atoms with Crippen molar-refractivity contribution in [2.45, 2.75) is 33.7 Å². The molecule has 1 aromatic carbocycles. The van der Waals surface area contributed by atoms with Gasteiger partial charge < -0.3 is 9.88 Å². The molecule has 0 spiro atoms. The Morgan fingerprint density at radius 1 is 1.21 bits per heavy atom. The Balaban J connectivity index is 1.96. The van der Waals surface area contributed by atoms with E-state index in [1.807, 2.05) is 45.2 Å². The molecular weight excluding hydrogens is 320 g/mol. The van der Waals surface area contributed by atoms with Crippen LogP contribution in [-0.4, -0.2) is 20.4 Å². The van der Waals surface area contributed by atoms with Crippen molar-refractivity contribution in [3.63, 3.8) is 0 Å². The quantitative estimate of drug-likeness (QED) is 0.785. The fourth-order valence-electron chi connectivity index (χ4n) is 2.92. The molecular formula is C18H22N4OS. The van der Waals surface area contributed by atoms with Gasteiger partial charge in [0.2, 0.25) is 0 Å². The number of hydrogen-bond donors (Lipinski definition) is 1. The zero-order valence-corrected chi connectivity index (χ0v) is 15.4. The monoisotopic (exact) mass is 342 g/mol. The van der Waals surface area contributed by atoms with E-state index in [1.165, 1.54) is 0 Å². The molecule has 0 saturated heterocycles. The predicted octanol–water partition coefficient (Wildman–Crippen LogP) is 3.77. The second-order valence-electron chi connectivity index (χ2n) is 6.35. The van der Waals surface area contributed by atoms with Crippen molar-refractivity contribution >= 4 is 28.3 Å². The van der Waals surface area contributed by atoms with Crippen molar-refractivity contribution in [2.24, 2.45) is 13.0 Å². The zero-order valence-electron chi connectivity index (χ0n) is 14.6. The molecule has 5 nitrogen and oxygen atoms in total. The number of rotatable bonds is 4. The molecule has 0 aliphatic carbocycles. The molecule has 0 aliphatic heterocycles. The highest BCUT2D eigenvalue weighted by Gasteiger charge is 2.26. The minimum absolute atomic E-state index is 0.136. The van der Waals surface area contributed by atoms with Crippen LogP contribution in [0.5, 0.6) is 0 Å². The van der Waals surface area contributed by atoms with Crippen LogP contribution in [0.15, 0.2) is 24.3 Å². The molecule has 0 bridgehead atoms. The first-order valence-electron chi connectivity index (χ1n) is 8.04. The van der Waals surface area contributed by atoms with Crippen molar-refractivity contribution in [3.8, 4) is 0 Å². The lowest BCUT2D eigenvalue weighted by Gasteiger charge is -2.22. The molecule has 0 saturated carbocycles. The van der Waals surface area contributed by atoms with Gasteiger partial charge in [-0.1, -0.05) is 26.0 Å². The first-order valence-corrected chi connectivity index (χ1v) is 8.86. The molecule has 0 aliphatic rings. The number of carbonyl (C=O) groups excluding carboxylic acids is 1. The summed E-state index contributed by atoms with van der Waals surface area (Å²) in [4.78, 5) is 22.7. The average Bonchev–Trinajstić information content (AvgIpc) is 3.04. The average molecular weight is 342 g/mol. The third kappa shape index (κ3) is 2.94. The Bertz CT molecular complexity index is 894. The van der Waals surface area contributed by atoms with Crippen molar-refractivity contribution < 1.29 is 4.79 Å². The molecule has 126 valence electrons. The van der Waals surface area contributed by atoms with Crippen molar-refractivity contribution in [3.05, 3.63) is 45.7 Å². The fraction of sp³-hybridized carbons (Fsp3) is 0.389. The summed E-state index contributed by atoms with van der Waals surface area (Å²) in [7, 11) is 1.99. The highest BCUT2D eigenvalue weighted by atomic mass is 32.1. The summed E-state index contributed by atoms with van der Waals surface area (Å²) in [5, 5.41) is 4.03. The normalized spacial score (nSPS) is 12.8. The van der Waals surface area contributed by atoms with Gasteiger partial charge in [0, 0.05) is 11.9 Å². The smallest absolute Gasteiger partial charge is 0.271 e. The van der Waals surface area contributed by atoms with Gasteiger partial charge in [-0.05, 0) is 31.9 Å². The molecule has 1 unspecified atom stereocenters. The highest BCUT2D eigenvalue weighted by molar-refractivity contribution is 7.11. The molecule has 2 heterocycles. The molecule has 1 atom stereocenters. The molecule has 3 rings (SSSR count). The van der Waals surface area contributed by atoms with Crippen LogP contribution in [0.3, 0.4) is 0 Å². The number of fused-ring (bicyclic) bond motifs is 1. The van der Waals surface area contributed by atoms with Gasteiger partial charge in [0.1, 0.15) is 11.5 Å². The first kappa shape index (κ1) is 16.6. The van der Waals surface area contributed by atoms with E-state index in [0.717, 1.165) is 26.7 Å². The molecule has 0 radical (unpaired) electrons. The highest BCUT2D eigenvalue weighted by Crippen LogP contribution is 2.26. The molecule has 2 aromatic heterocycles. The van der Waals surface area contributed by atoms with Crippen molar-refractivity contribution in [2.75, 3.05) is 0 Å². The van der Waals surface area contributed by atoms with E-state index in [2.05, 4.69) is 28.7 Å². The summed E-state index contributed by atoms with van der Waals surface area (Å²) in [5.74, 6) is 0.941. The van der Waals surface area contributed by atoms with Crippen LogP contribution in [0.4, 0.5) is 0 Å². The van der Waals surface area contributed by atoms with Crippen LogP contribution in [-0.2, 0) is 7.05 Å². The van der Waals surface area contributed by atoms with Crippen molar-refractivity contribution in [1.29, 1.82) is 0 Å². The van der Waals surface area contributed by atoms with E-state index in [4.69, 9.17) is 4.98 Å². The summed E-state index contributed by atoms with van der Waals surface area (Å²) >= 11 is 1.54. The number of carbonyl (C=O) groups is 1. The Hall–Kier alpha value is -2.21. The summed E-state index contributed by atoms with van der Waals surface area (Å²) in [6, 6.07) is 7.84. The van der Waals surface area contributed by atoms with Gasteiger partial charge in [-0.15, -0.1) is 11.3 Å². The van der Waals surface area contributed by atoms with Crippen LogP contribution in [0.2, 0.25) is 0 Å². The van der Waals surface area contributed by atoms with Crippen LogP contribution in [0.1, 0.15) is 46.1 Å². The Labute approximate surface area is 145 Å². The van der Waals surface area contributed by atoms with Crippen LogP contribution < -0.4 is 5.32 Å². The van der Waals surface area contributed by atoms with E-state index >= 15 is 0 Å². The molecule has 24 heavy (non-hydrogen) atoms. The minimum Gasteiger partial charge on any atom is -0.340 e. The van der Waals surface area contributed by atoms with Gasteiger partial charge in [-0.3, -0.25) is 4.79 Å². The van der Waals surface area contributed by atoms with E-state index in [-0.39, 0.29) is 17.9 Å². The number of thiazole rings is 1. The van der Waals surface area contributed by atoms with Crippen LogP contribution in [0, 0.1) is 19.8 Å². The van der Waals surface area contributed by atoms with Crippen LogP contribution >= 0.6 is 11.3 Å². The Morgan fingerprint density at radius 2 is 1.92 bits per heavy atom. The Kier molecular flexibility index (Phi) is 4.41. The third-order valence-electron chi connectivity index (χ3n) is 4.17. The van der Waals surface area contributed by atoms with Gasteiger partial charge >= 0.3 is 0 Å². The topological polar surface area (TPSA) is 59.8 Å². The zero-order chi connectivity index (χ0) is 17.4. The van der Waals surface area contributed by atoms with E-state index in [1.54, 1.807) is 11.3 Å². The second-order valence-corrected chi connectivity index (χ2v) is 7.76. The lowest BCUT2D eigenvalue weighted by atomic mass is 10.0. The minimum atomic E-state index is -0.170. The predicted molar refractivity (Wildman–Crippen MR) is 97.3 cm³/mol. The van der Waals surface area contributed by atoms with Gasteiger partial charge in [-0.25, -0.2) is 9.97 Å². The largest absolute Gasteiger partial charge is 0.340 e. The number of nitrogens with zero attached hydrogens (tertiary/aromatic N) is 3. The molecule has 1 N–H and O–H groups in total. The number of aromatic nitrogens is 3. The molecule has 0 fully saturated rings. The van der Waals surface area contributed by atoms with Crippen molar-refractivity contribution in [1.82, 2.24) is 19.9 Å². The van der Waals surface area contributed by atoms with Gasteiger partial charge in [0.25, 0.3) is 5.91 Å². The first-order chi connectivity index (χ1) is 11.4. The van der Waals surface area contributed by atoms with Crippen LogP contribution in [0.25, 0.3) is 11.0 Å². The van der Waals surface area contributed by atoms with E-state index in [0.29, 0.717) is 5.69 Å². The van der Waals surface area contributed by atoms with Gasteiger partial charge in [0.05, 0.1) is 22.1 Å². The maximum absolute atomic E-state index is 12.7. The summed E-state index contributed by atoms with van der Waals surface area (Å²) in [6.07, 6.45) is 0. The molecule has 6 heteroatoms.